The monoisotopic (exact) mass is 399 g/mol. The summed E-state index contributed by atoms with van der Waals surface area (Å²) >= 11 is 0. The van der Waals surface area contributed by atoms with Crippen molar-refractivity contribution in [2.24, 2.45) is 5.73 Å². The van der Waals surface area contributed by atoms with Crippen LogP contribution in [-0.4, -0.2) is 10.9 Å². The number of nitrogens with two attached hydrogens (primary N) is 1. The summed E-state index contributed by atoms with van der Waals surface area (Å²) in [6.45, 7) is 1.96. The van der Waals surface area contributed by atoms with E-state index in [0.29, 0.717) is 22.3 Å². The number of hydrogen-bond acceptors (Lipinski definition) is 3. The zero-order valence-electron chi connectivity index (χ0n) is 15.7. The number of nitrogens with one attached hydrogen (secondary N) is 1. The first kappa shape index (κ1) is 20.5. The highest BCUT2D eigenvalue weighted by Gasteiger charge is 2.31. The van der Waals surface area contributed by atoms with Gasteiger partial charge in [0.25, 0.3) is 5.91 Å². The van der Waals surface area contributed by atoms with E-state index in [9.17, 15) is 18.0 Å². The van der Waals surface area contributed by atoms with Crippen molar-refractivity contribution in [1.82, 2.24) is 10.3 Å². The smallest absolute Gasteiger partial charge is 0.345 e. The van der Waals surface area contributed by atoms with Crippen LogP contribution in [-0.2, 0) is 12.7 Å². The van der Waals surface area contributed by atoms with Gasteiger partial charge in [-0.05, 0) is 53.4 Å². The first-order valence-electron chi connectivity index (χ1n) is 9.01. The average Bonchev–Trinajstić information content (AvgIpc) is 2.73. The topological polar surface area (TPSA) is 68.0 Å². The second-order valence-electron chi connectivity index (χ2n) is 6.63. The quantitative estimate of drug-likeness (QED) is 0.653. The van der Waals surface area contributed by atoms with Gasteiger partial charge < -0.3 is 11.1 Å². The first-order valence-corrected chi connectivity index (χ1v) is 9.01. The van der Waals surface area contributed by atoms with Crippen LogP contribution in [0.4, 0.5) is 13.2 Å². The number of alkyl halides is 3. The van der Waals surface area contributed by atoms with Crippen LogP contribution in [0.25, 0.3) is 11.1 Å². The Morgan fingerprint density at radius 2 is 1.86 bits per heavy atom. The normalized spacial score (nSPS) is 12.4. The minimum Gasteiger partial charge on any atom is -0.345 e. The molecule has 0 bridgehead atoms. The fraction of sp³-hybridized carbons (Fsp3) is 0.182. The number of carbonyl (C=O) groups excluding carboxylic acids is 1. The minimum absolute atomic E-state index is 0.132. The van der Waals surface area contributed by atoms with E-state index in [2.05, 4.69) is 10.3 Å². The molecule has 1 atom stereocenters. The van der Waals surface area contributed by atoms with Crippen molar-refractivity contribution >= 4 is 5.91 Å². The fourth-order valence-corrected chi connectivity index (χ4v) is 3.01. The Morgan fingerprint density at radius 1 is 1.14 bits per heavy atom. The van der Waals surface area contributed by atoms with Crippen LogP contribution in [0.1, 0.15) is 40.0 Å². The third-order valence-electron chi connectivity index (χ3n) is 4.65. The number of benzene rings is 2. The summed E-state index contributed by atoms with van der Waals surface area (Å²) in [5, 5.41) is 2.88. The van der Waals surface area contributed by atoms with Crippen molar-refractivity contribution in [2.45, 2.75) is 25.7 Å². The Labute approximate surface area is 166 Å². The number of carbonyl (C=O) groups is 1. The third-order valence-corrected chi connectivity index (χ3v) is 4.65. The van der Waals surface area contributed by atoms with Gasteiger partial charge in [0.05, 0.1) is 17.2 Å². The second-order valence-corrected chi connectivity index (χ2v) is 6.63. The molecule has 0 aliphatic rings. The molecule has 0 saturated heterocycles. The van der Waals surface area contributed by atoms with Crippen LogP contribution in [0.2, 0.25) is 0 Å². The Morgan fingerprint density at radius 3 is 2.45 bits per heavy atom. The lowest BCUT2D eigenvalue weighted by atomic mass is 9.95. The highest BCUT2D eigenvalue weighted by atomic mass is 19.4. The summed E-state index contributed by atoms with van der Waals surface area (Å²) in [7, 11) is 0. The molecule has 0 fully saturated rings. The summed E-state index contributed by atoms with van der Waals surface area (Å²) in [5.41, 5.74) is 7.97. The van der Waals surface area contributed by atoms with E-state index < -0.39 is 11.7 Å². The number of nitrogens with zero attached hydrogens (tertiary/aromatic N) is 1. The zero-order chi connectivity index (χ0) is 21.0. The largest absolute Gasteiger partial charge is 0.416 e. The molecule has 2 aromatic carbocycles. The lowest BCUT2D eigenvalue weighted by Gasteiger charge is -2.16. The molecule has 3 aromatic rings. The van der Waals surface area contributed by atoms with E-state index in [0.717, 1.165) is 17.7 Å². The number of rotatable bonds is 5. The van der Waals surface area contributed by atoms with E-state index >= 15 is 0 Å². The van der Waals surface area contributed by atoms with Crippen molar-refractivity contribution in [3.8, 4) is 11.1 Å². The maximum atomic E-state index is 13.1. The Kier molecular flexibility index (Phi) is 5.98. The molecule has 150 valence electrons. The van der Waals surface area contributed by atoms with Gasteiger partial charge in [-0.15, -0.1) is 0 Å². The van der Waals surface area contributed by atoms with E-state index in [1.165, 1.54) is 12.3 Å². The maximum Gasteiger partial charge on any atom is 0.416 e. The summed E-state index contributed by atoms with van der Waals surface area (Å²) < 4.78 is 39.2. The molecule has 29 heavy (non-hydrogen) atoms. The molecule has 0 spiro atoms. The van der Waals surface area contributed by atoms with Gasteiger partial charge in [-0.2, -0.15) is 13.2 Å². The molecule has 7 heteroatoms. The Balaban J connectivity index is 1.82. The van der Waals surface area contributed by atoms with Crippen molar-refractivity contribution in [3.05, 3.63) is 89.2 Å². The average molecular weight is 399 g/mol. The molecule has 4 nitrogen and oxygen atoms in total. The lowest BCUT2D eigenvalue weighted by Crippen LogP contribution is -2.26. The van der Waals surface area contributed by atoms with Gasteiger partial charge in [0.2, 0.25) is 0 Å². The van der Waals surface area contributed by atoms with Crippen LogP contribution >= 0.6 is 0 Å². The molecule has 0 aliphatic heterocycles. The van der Waals surface area contributed by atoms with Crippen LogP contribution < -0.4 is 11.1 Å². The third kappa shape index (κ3) is 4.81. The number of hydrogen-bond donors (Lipinski definition) is 2. The van der Waals surface area contributed by atoms with Gasteiger partial charge >= 0.3 is 6.18 Å². The van der Waals surface area contributed by atoms with E-state index in [-0.39, 0.29) is 18.5 Å². The number of aromatic nitrogens is 1. The predicted octanol–water partition coefficient (Wildman–Crippen LogP) is 4.72. The fourth-order valence-electron chi connectivity index (χ4n) is 3.01. The molecule has 3 N–H and O–H groups in total. The van der Waals surface area contributed by atoms with E-state index in [4.69, 9.17) is 5.73 Å². The maximum absolute atomic E-state index is 13.1. The van der Waals surface area contributed by atoms with Crippen molar-refractivity contribution in [2.75, 3.05) is 0 Å². The van der Waals surface area contributed by atoms with Crippen molar-refractivity contribution < 1.29 is 18.0 Å². The Bertz CT molecular complexity index is 986. The number of amides is 1. The summed E-state index contributed by atoms with van der Waals surface area (Å²) in [6.07, 6.45) is -1.36. The lowest BCUT2D eigenvalue weighted by molar-refractivity contribution is -0.137. The van der Waals surface area contributed by atoms with Crippen LogP contribution in [0.3, 0.4) is 0 Å². The summed E-state index contributed by atoms with van der Waals surface area (Å²) in [6, 6.07) is 13.6. The van der Waals surface area contributed by atoms with Gasteiger partial charge in [0, 0.05) is 18.9 Å². The molecular weight excluding hydrogens is 379 g/mol. The van der Waals surface area contributed by atoms with Gasteiger partial charge in [-0.1, -0.05) is 30.3 Å². The van der Waals surface area contributed by atoms with Crippen molar-refractivity contribution in [1.29, 1.82) is 0 Å². The minimum atomic E-state index is -4.42. The zero-order valence-corrected chi connectivity index (χ0v) is 15.7. The standard InChI is InChI=1S/C22H20F3N3O/c1-14(28-21(29)18-3-2-10-27-13-18)15-4-6-16(7-5-15)20-11-19(22(23,24)25)9-8-17(20)12-26/h2-11,13-14H,12,26H2,1H3,(H,28,29)/t14-/m1/s1. The van der Waals surface area contributed by atoms with E-state index in [1.807, 2.05) is 6.92 Å². The molecule has 3 rings (SSSR count). The first-order chi connectivity index (χ1) is 13.8. The SMILES string of the molecule is C[C@@H](NC(=O)c1cccnc1)c1ccc(-c2cc(C(F)(F)F)ccc2CN)cc1. The summed E-state index contributed by atoms with van der Waals surface area (Å²) in [5.74, 6) is -0.252. The molecule has 0 unspecified atom stereocenters. The highest BCUT2D eigenvalue weighted by molar-refractivity contribution is 5.94. The van der Waals surface area contributed by atoms with Gasteiger partial charge in [0.1, 0.15) is 0 Å². The number of pyridine rings is 1. The molecule has 1 amide bonds. The van der Waals surface area contributed by atoms with E-state index in [1.54, 1.807) is 42.6 Å². The van der Waals surface area contributed by atoms with Crippen molar-refractivity contribution in [3.63, 3.8) is 0 Å². The van der Waals surface area contributed by atoms with Gasteiger partial charge in [-0.25, -0.2) is 0 Å². The second kappa shape index (κ2) is 8.45. The number of halogens is 3. The molecule has 1 heterocycles. The summed E-state index contributed by atoms with van der Waals surface area (Å²) in [4.78, 5) is 16.2. The highest BCUT2D eigenvalue weighted by Crippen LogP contribution is 2.34. The van der Waals surface area contributed by atoms with Crippen LogP contribution in [0.5, 0.6) is 0 Å². The van der Waals surface area contributed by atoms with Gasteiger partial charge in [0.15, 0.2) is 0 Å². The van der Waals surface area contributed by atoms with Crippen LogP contribution in [0, 0.1) is 0 Å². The predicted molar refractivity (Wildman–Crippen MR) is 105 cm³/mol. The molecule has 0 radical (unpaired) electrons. The van der Waals surface area contributed by atoms with Gasteiger partial charge in [-0.3, -0.25) is 9.78 Å². The van der Waals surface area contributed by atoms with Crippen LogP contribution in [0.15, 0.2) is 67.0 Å². The Hall–Kier alpha value is -3.19. The molecule has 1 aromatic heterocycles. The molecule has 0 aliphatic carbocycles. The molecular formula is C22H20F3N3O. The molecule has 0 saturated carbocycles.